The number of hydrogen-bond acceptors (Lipinski definition) is 1. The fraction of sp³-hybridized carbons (Fsp3) is 0.667. The van der Waals surface area contributed by atoms with Crippen LogP contribution in [-0.4, -0.2) is 10.4 Å². The molecule has 0 saturated heterocycles. The van der Waals surface area contributed by atoms with Gasteiger partial charge in [-0.1, -0.05) is 45.1 Å². The van der Waals surface area contributed by atoms with E-state index in [-0.39, 0.29) is 5.38 Å². The summed E-state index contributed by atoms with van der Waals surface area (Å²) in [6.07, 6.45) is 9.96. The third-order valence-electron chi connectivity index (χ3n) is 3.98. The molecule has 1 aliphatic carbocycles. The van der Waals surface area contributed by atoms with Gasteiger partial charge in [0.25, 0.3) is 0 Å². The Bertz CT molecular complexity index is 319. The second-order valence-electron chi connectivity index (χ2n) is 5.30. The van der Waals surface area contributed by atoms with Crippen LogP contribution in [-0.2, 0) is 0 Å². The number of pyridine rings is 1. The van der Waals surface area contributed by atoms with Crippen LogP contribution in [0.3, 0.4) is 0 Å². The van der Waals surface area contributed by atoms with Crippen LogP contribution in [0.25, 0.3) is 0 Å². The Balaban J connectivity index is 1.88. The molecular formula is C15H22ClN. The Morgan fingerprint density at radius 2 is 2.06 bits per heavy atom. The molecule has 0 amide bonds. The van der Waals surface area contributed by atoms with E-state index in [1.165, 1.54) is 32.1 Å². The lowest BCUT2D eigenvalue weighted by Crippen LogP contribution is -2.17. The maximum Gasteiger partial charge on any atom is 0.0446 e. The van der Waals surface area contributed by atoms with Gasteiger partial charge in [-0.15, -0.1) is 11.6 Å². The third-order valence-corrected chi connectivity index (χ3v) is 4.54. The molecule has 1 heterocycles. The van der Waals surface area contributed by atoms with Crippen LogP contribution in [0.1, 0.15) is 57.1 Å². The Kier molecular flexibility index (Phi) is 4.85. The molecule has 94 valence electrons. The van der Waals surface area contributed by atoms with Gasteiger partial charge in [-0.3, -0.25) is 4.98 Å². The zero-order valence-electron chi connectivity index (χ0n) is 10.6. The summed E-state index contributed by atoms with van der Waals surface area (Å²) in [6, 6.07) is 6.09. The summed E-state index contributed by atoms with van der Waals surface area (Å²) in [7, 11) is 0. The minimum absolute atomic E-state index is 0.230. The fourth-order valence-electron chi connectivity index (χ4n) is 2.78. The molecule has 0 aliphatic heterocycles. The topological polar surface area (TPSA) is 12.9 Å². The lowest BCUT2D eigenvalue weighted by Gasteiger charge is -2.26. The minimum Gasteiger partial charge on any atom is -0.261 e. The van der Waals surface area contributed by atoms with Crippen LogP contribution in [0.15, 0.2) is 24.4 Å². The van der Waals surface area contributed by atoms with Crippen LogP contribution in [0, 0.1) is 5.92 Å². The number of alkyl halides is 1. The summed E-state index contributed by atoms with van der Waals surface area (Å²) in [5.74, 6) is 1.21. The van der Waals surface area contributed by atoms with Gasteiger partial charge in [-0.05, 0) is 24.5 Å². The van der Waals surface area contributed by atoms with Crippen molar-refractivity contribution >= 4 is 11.6 Å². The van der Waals surface area contributed by atoms with Crippen molar-refractivity contribution in [1.82, 2.24) is 4.98 Å². The number of aromatic nitrogens is 1. The van der Waals surface area contributed by atoms with E-state index in [1.807, 2.05) is 18.3 Å². The number of rotatable bonds is 4. The summed E-state index contributed by atoms with van der Waals surface area (Å²) in [5, 5.41) is 0.230. The van der Waals surface area contributed by atoms with E-state index < -0.39 is 0 Å². The molecule has 0 radical (unpaired) electrons. The van der Waals surface area contributed by atoms with Gasteiger partial charge in [0.15, 0.2) is 0 Å². The van der Waals surface area contributed by atoms with E-state index >= 15 is 0 Å². The highest BCUT2D eigenvalue weighted by Crippen LogP contribution is 2.33. The van der Waals surface area contributed by atoms with E-state index in [2.05, 4.69) is 18.0 Å². The molecule has 17 heavy (non-hydrogen) atoms. The summed E-state index contributed by atoms with van der Waals surface area (Å²) in [5.41, 5.74) is 1.13. The highest BCUT2D eigenvalue weighted by atomic mass is 35.5. The molecule has 1 aliphatic rings. The predicted molar refractivity (Wildman–Crippen MR) is 73.5 cm³/mol. The zero-order chi connectivity index (χ0) is 12.1. The van der Waals surface area contributed by atoms with E-state index in [9.17, 15) is 0 Å². The Morgan fingerprint density at radius 3 is 2.71 bits per heavy atom. The van der Waals surface area contributed by atoms with Gasteiger partial charge in [0.05, 0.1) is 0 Å². The lowest BCUT2D eigenvalue weighted by molar-refractivity contribution is 0.327. The van der Waals surface area contributed by atoms with E-state index in [0.29, 0.717) is 5.92 Å². The Labute approximate surface area is 110 Å². The first-order chi connectivity index (χ1) is 8.27. The molecule has 1 fully saturated rings. The van der Waals surface area contributed by atoms with Gasteiger partial charge in [0.2, 0.25) is 0 Å². The molecule has 1 nitrogen and oxygen atoms in total. The second kappa shape index (κ2) is 6.39. The third kappa shape index (κ3) is 3.70. The van der Waals surface area contributed by atoms with Crippen LogP contribution in [0.2, 0.25) is 0 Å². The first-order valence-electron chi connectivity index (χ1n) is 6.82. The Hall–Kier alpha value is -0.560. The highest BCUT2D eigenvalue weighted by Gasteiger charge is 2.23. The monoisotopic (exact) mass is 251 g/mol. The lowest BCUT2D eigenvalue weighted by atomic mass is 9.83. The highest BCUT2D eigenvalue weighted by molar-refractivity contribution is 6.21. The fourth-order valence-corrected chi connectivity index (χ4v) is 3.16. The largest absolute Gasteiger partial charge is 0.261 e. The average Bonchev–Trinajstić information content (AvgIpc) is 2.40. The van der Waals surface area contributed by atoms with Crippen LogP contribution >= 0.6 is 11.6 Å². The normalized spacial score (nSPS) is 21.1. The molecule has 2 heteroatoms. The summed E-state index contributed by atoms with van der Waals surface area (Å²) in [6.45, 7) is 2.20. The van der Waals surface area contributed by atoms with Crippen molar-refractivity contribution in [3.63, 3.8) is 0 Å². The number of nitrogens with zero attached hydrogens (tertiary/aromatic N) is 1. The van der Waals surface area contributed by atoms with Crippen molar-refractivity contribution in [3.05, 3.63) is 30.1 Å². The zero-order valence-corrected chi connectivity index (χ0v) is 11.4. The van der Waals surface area contributed by atoms with Crippen LogP contribution < -0.4 is 0 Å². The van der Waals surface area contributed by atoms with Crippen molar-refractivity contribution in [1.29, 1.82) is 0 Å². The van der Waals surface area contributed by atoms with E-state index in [1.54, 1.807) is 0 Å². The first kappa shape index (κ1) is 12.9. The molecule has 0 N–H and O–H groups in total. The maximum absolute atomic E-state index is 6.56. The van der Waals surface area contributed by atoms with Crippen molar-refractivity contribution in [2.75, 3.05) is 0 Å². The second-order valence-corrected chi connectivity index (χ2v) is 5.86. The summed E-state index contributed by atoms with van der Waals surface area (Å²) >= 11 is 6.56. The molecule has 2 rings (SSSR count). The van der Waals surface area contributed by atoms with Crippen molar-refractivity contribution in [2.45, 2.75) is 56.7 Å². The average molecular weight is 252 g/mol. The maximum atomic E-state index is 6.56. The van der Waals surface area contributed by atoms with Crippen LogP contribution in [0.4, 0.5) is 0 Å². The predicted octanol–water partition coefficient (Wildman–Crippen LogP) is 4.76. The molecule has 2 unspecified atom stereocenters. The van der Waals surface area contributed by atoms with E-state index in [4.69, 9.17) is 11.6 Å². The number of hydrogen-bond donors (Lipinski definition) is 0. The summed E-state index contributed by atoms with van der Waals surface area (Å²) in [4.78, 5) is 4.41. The van der Waals surface area contributed by atoms with Gasteiger partial charge in [-0.2, -0.15) is 0 Å². The quantitative estimate of drug-likeness (QED) is 0.703. The van der Waals surface area contributed by atoms with Crippen molar-refractivity contribution < 1.29 is 0 Å². The SMILES string of the molecule is CC(c1ccccn1)C(Cl)CC1CCCCC1. The molecule has 0 spiro atoms. The molecule has 1 aromatic heterocycles. The smallest absolute Gasteiger partial charge is 0.0446 e. The van der Waals surface area contributed by atoms with Gasteiger partial charge >= 0.3 is 0 Å². The van der Waals surface area contributed by atoms with Crippen LogP contribution in [0.5, 0.6) is 0 Å². The molecule has 2 atom stereocenters. The standard InChI is InChI=1S/C15H22ClN/c1-12(15-9-5-6-10-17-15)14(16)11-13-7-3-2-4-8-13/h5-6,9-10,12-14H,2-4,7-8,11H2,1H3. The molecule has 0 aromatic carbocycles. The van der Waals surface area contributed by atoms with Gasteiger partial charge in [0, 0.05) is 23.2 Å². The van der Waals surface area contributed by atoms with Crippen molar-refractivity contribution in [3.8, 4) is 0 Å². The first-order valence-corrected chi connectivity index (χ1v) is 7.26. The van der Waals surface area contributed by atoms with Gasteiger partial charge in [0.1, 0.15) is 0 Å². The van der Waals surface area contributed by atoms with E-state index in [0.717, 1.165) is 18.0 Å². The van der Waals surface area contributed by atoms with Gasteiger partial charge < -0.3 is 0 Å². The molecule has 1 aromatic rings. The van der Waals surface area contributed by atoms with Gasteiger partial charge in [-0.25, -0.2) is 0 Å². The molecule has 1 saturated carbocycles. The van der Waals surface area contributed by atoms with Crippen molar-refractivity contribution in [2.24, 2.45) is 5.92 Å². The Morgan fingerprint density at radius 1 is 1.29 bits per heavy atom. The molecular weight excluding hydrogens is 230 g/mol. The number of halogens is 1. The minimum atomic E-state index is 0.230. The molecule has 0 bridgehead atoms. The summed E-state index contributed by atoms with van der Waals surface area (Å²) < 4.78 is 0.